The molecule has 2 aromatic rings. The second kappa shape index (κ2) is 6.70. The molecule has 0 spiro atoms. The van der Waals surface area contributed by atoms with Gasteiger partial charge in [-0.25, -0.2) is 13.4 Å². The van der Waals surface area contributed by atoms with Crippen molar-refractivity contribution in [3.63, 3.8) is 0 Å². The molecule has 1 atom stereocenters. The van der Waals surface area contributed by atoms with Gasteiger partial charge in [0.2, 0.25) is 5.91 Å². The summed E-state index contributed by atoms with van der Waals surface area (Å²) in [5, 5.41) is 3.55. The predicted octanol–water partition coefficient (Wildman–Crippen LogP) is 1.42. The molecule has 1 unspecified atom stereocenters. The molecule has 2 aromatic heterocycles. The molecule has 0 radical (unpaired) electrons. The van der Waals surface area contributed by atoms with Crippen LogP contribution in [0.25, 0.3) is 10.2 Å². The Morgan fingerprint density at radius 3 is 2.89 bits per heavy atom. The van der Waals surface area contributed by atoms with Gasteiger partial charge in [0.15, 0.2) is 9.84 Å². The first-order valence-electron chi connectivity index (χ1n) is 9.27. The highest BCUT2D eigenvalue weighted by molar-refractivity contribution is 7.91. The number of nitrogens with one attached hydrogen (secondary N) is 1. The molecule has 3 heterocycles. The number of nitrogens with zero attached hydrogens (tertiary/aromatic N) is 2. The van der Waals surface area contributed by atoms with E-state index in [0.29, 0.717) is 11.8 Å². The van der Waals surface area contributed by atoms with Crippen LogP contribution in [0.1, 0.15) is 43.0 Å². The van der Waals surface area contributed by atoms with Crippen LogP contribution in [0.5, 0.6) is 0 Å². The molecule has 1 N–H and O–H groups in total. The van der Waals surface area contributed by atoms with Gasteiger partial charge in [-0.1, -0.05) is 0 Å². The van der Waals surface area contributed by atoms with Crippen LogP contribution in [0.4, 0.5) is 0 Å². The van der Waals surface area contributed by atoms with Crippen LogP contribution in [-0.2, 0) is 34.0 Å². The van der Waals surface area contributed by atoms with E-state index in [1.165, 1.54) is 15.8 Å². The molecule has 27 heavy (non-hydrogen) atoms. The van der Waals surface area contributed by atoms with Crippen molar-refractivity contribution < 1.29 is 13.2 Å². The summed E-state index contributed by atoms with van der Waals surface area (Å²) in [5.74, 6) is -0.165. The molecular formula is C18H23N3O4S2. The summed E-state index contributed by atoms with van der Waals surface area (Å²) in [7, 11) is -3.08. The predicted molar refractivity (Wildman–Crippen MR) is 105 cm³/mol. The average Bonchev–Trinajstić information content (AvgIpc) is 3.11. The highest BCUT2D eigenvalue weighted by Crippen LogP contribution is 2.33. The zero-order chi connectivity index (χ0) is 19.2. The molecule has 0 aromatic carbocycles. The maximum Gasteiger partial charge on any atom is 0.262 e. The fourth-order valence-corrected chi connectivity index (χ4v) is 7.38. The summed E-state index contributed by atoms with van der Waals surface area (Å²) in [5.41, 5.74) is 0.346. The zero-order valence-corrected chi connectivity index (χ0v) is 16.9. The van der Waals surface area contributed by atoms with E-state index >= 15 is 0 Å². The average molecular weight is 410 g/mol. The molecule has 4 rings (SSSR count). The van der Waals surface area contributed by atoms with E-state index in [1.54, 1.807) is 18.3 Å². The van der Waals surface area contributed by atoms with Gasteiger partial charge in [0, 0.05) is 17.8 Å². The molecule has 0 saturated carbocycles. The molecule has 1 fully saturated rings. The number of thiophene rings is 1. The van der Waals surface area contributed by atoms with Crippen molar-refractivity contribution in [2.24, 2.45) is 0 Å². The Kier molecular flexibility index (Phi) is 4.62. The lowest BCUT2D eigenvalue weighted by molar-refractivity contribution is -0.122. The Balaban J connectivity index is 1.48. The molecule has 1 aliphatic heterocycles. The third-order valence-corrected chi connectivity index (χ3v) is 8.57. The molecular weight excluding hydrogens is 386 g/mol. The minimum Gasteiger partial charge on any atom is -0.350 e. The molecule has 0 bridgehead atoms. The summed E-state index contributed by atoms with van der Waals surface area (Å²) < 4.78 is 24.8. The Hall–Kier alpha value is -1.74. The van der Waals surface area contributed by atoms with Crippen LogP contribution in [0.3, 0.4) is 0 Å². The maximum absolute atomic E-state index is 12.9. The van der Waals surface area contributed by atoms with Crippen LogP contribution in [0.2, 0.25) is 0 Å². The van der Waals surface area contributed by atoms with Crippen molar-refractivity contribution in [1.29, 1.82) is 0 Å². The summed E-state index contributed by atoms with van der Waals surface area (Å²) in [4.78, 5) is 31.7. The Morgan fingerprint density at radius 2 is 2.15 bits per heavy atom. The number of aryl methyl sites for hydroxylation is 3. The number of carbonyl (C=O) groups excluding carboxylic acids is 1. The smallest absolute Gasteiger partial charge is 0.262 e. The summed E-state index contributed by atoms with van der Waals surface area (Å²) >= 11 is 1.61. The number of fused-ring (bicyclic) bond motifs is 3. The van der Waals surface area contributed by atoms with Gasteiger partial charge < -0.3 is 5.32 Å². The maximum atomic E-state index is 12.9. The van der Waals surface area contributed by atoms with E-state index in [9.17, 15) is 18.0 Å². The van der Waals surface area contributed by atoms with Gasteiger partial charge in [0.25, 0.3) is 5.56 Å². The lowest BCUT2D eigenvalue weighted by Crippen LogP contribution is -2.47. The van der Waals surface area contributed by atoms with Crippen molar-refractivity contribution in [2.75, 3.05) is 11.5 Å². The van der Waals surface area contributed by atoms with Gasteiger partial charge in [-0.15, -0.1) is 11.3 Å². The van der Waals surface area contributed by atoms with Gasteiger partial charge in [-0.3, -0.25) is 14.2 Å². The van der Waals surface area contributed by atoms with Crippen LogP contribution in [0, 0.1) is 0 Å². The van der Waals surface area contributed by atoms with Crippen LogP contribution in [0.15, 0.2) is 11.1 Å². The lowest BCUT2D eigenvalue weighted by atomic mass is 9.97. The number of aromatic nitrogens is 2. The van der Waals surface area contributed by atoms with E-state index in [1.807, 2.05) is 0 Å². The topological polar surface area (TPSA) is 98.1 Å². The second-order valence-corrected chi connectivity index (χ2v) is 11.1. The van der Waals surface area contributed by atoms with Gasteiger partial charge in [-0.2, -0.15) is 0 Å². The van der Waals surface area contributed by atoms with Gasteiger partial charge in [0.1, 0.15) is 4.83 Å². The summed E-state index contributed by atoms with van der Waals surface area (Å²) in [6.45, 7) is 1.99. The Labute approximate surface area is 161 Å². The molecule has 2 aliphatic rings. The first kappa shape index (κ1) is 18.6. The van der Waals surface area contributed by atoms with Gasteiger partial charge in [-0.05, 0) is 44.6 Å². The largest absolute Gasteiger partial charge is 0.350 e. The van der Waals surface area contributed by atoms with Crippen molar-refractivity contribution in [2.45, 2.75) is 57.5 Å². The monoisotopic (exact) mass is 409 g/mol. The highest BCUT2D eigenvalue weighted by Gasteiger charge is 2.39. The van der Waals surface area contributed by atoms with Crippen molar-refractivity contribution in [3.05, 3.63) is 27.1 Å². The third-order valence-electron chi connectivity index (χ3n) is 5.47. The summed E-state index contributed by atoms with van der Waals surface area (Å²) in [6.07, 6.45) is 6.25. The van der Waals surface area contributed by atoms with Crippen LogP contribution >= 0.6 is 11.3 Å². The van der Waals surface area contributed by atoms with E-state index in [0.717, 1.165) is 36.1 Å². The second-order valence-electron chi connectivity index (χ2n) is 7.84. The third kappa shape index (κ3) is 3.67. The fourth-order valence-electron chi connectivity index (χ4n) is 4.07. The lowest BCUT2D eigenvalue weighted by Gasteiger charge is -2.23. The van der Waals surface area contributed by atoms with Crippen LogP contribution < -0.4 is 10.9 Å². The van der Waals surface area contributed by atoms with E-state index in [-0.39, 0.29) is 35.9 Å². The molecule has 146 valence electrons. The molecule has 1 amide bonds. The summed E-state index contributed by atoms with van der Waals surface area (Å²) in [6, 6.07) is 0. The molecule has 1 saturated heterocycles. The zero-order valence-electron chi connectivity index (χ0n) is 15.3. The minimum atomic E-state index is -3.08. The SMILES string of the molecule is CC1(NC(=O)CCn2cnc3sc4c(c3c2=O)CCCC4)CCS(=O)(=O)C1. The first-order chi connectivity index (χ1) is 12.8. The first-order valence-corrected chi connectivity index (χ1v) is 11.9. The Bertz CT molecular complexity index is 1070. The van der Waals surface area contributed by atoms with Gasteiger partial charge >= 0.3 is 0 Å². The van der Waals surface area contributed by atoms with Crippen LogP contribution in [-0.4, -0.2) is 40.9 Å². The van der Waals surface area contributed by atoms with E-state index < -0.39 is 15.4 Å². The number of amides is 1. The van der Waals surface area contributed by atoms with E-state index in [4.69, 9.17) is 0 Å². The Morgan fingerprint density at radius 1 is 1.37 bits per heavy atom. The number of sulfone groups is 1. The fraction of sp³-hybridized carbons (Fsp3) is 0.611. The van der Waals surface area contributed by atoms with Gasteiger partial charge in [0.05, 0.1) is 28.8 Å². The number of hydrogen-bond donors (Lipinski definition) is 1. The quantitative estimate of drug-likeness (QED) is 0.824. The number of carbonyl (C=O) groups is 1. The van der Waals surface area contributed by atoms with E-state index in [2.05, 4.69) is 10.3 Å². The molecule has 9 heteroatoms. The molecule has 1 aliphatic carbocycles. The van der Waals surface area contributed by atoms with Crippen molar-refractivity contribution in [1.82, 2.24) is 14.9 Å². The minimum absolute atomic E-state index is 0.0275. The standard InChI is InChI=1S/C18H23N3O4S2/c1-18(7-9-27(24,25)10-18)20-14(22)6-8-21-11-19-16-15(17(21)23)12-4-2-3-5-13(12)26-16/h11H,2-10H2,1H3,(H,20,22). The number of rotatable bonds is 4. The van der Waals surface area contributed by atoms with Crippen molar-refractivity contribution in [3.8, 4) is 0 Å². The normalized spacial score (nSPS) is 24.0. The molecule has 7 nitrogen and oxygen atoms in total. The highest BCUT2D eigenvalue weighted by atomic mass is 32.2. The number of hydrogen-bond acceptors (Lipinski definition) is 6. The van der Waals surface area contributed by atoms with Crippen molar-refractivity contribution >= 4 is 37.3 Å².